The average Bonchev–Trinajstić information content (AvgIpc) is 2.26. The molecule has 0 saturated carbocycles. The highest BCUT2D eigenvalue weighted by Gasteiger charge is 2.03. The molecule has 0 saturated heterocycles. The summed E-state index contributed by atoms with van der Waals surface area (Å²) < 4.78 is 0. The normalized spacial score (nSPS) is 9.33. The van der Waals surface area contributed by atoms with Gasteiger partial charge >= 0.3 is 6.03 Å². The fourth-order valence-corrected chi connectivity index (χ4v) is 1.20. The Bertz CT molecular complexity index is 395. The van der Waals surface area contributed by atoms with Gasteiger partial charge in [0.05, 0.1) is 11.6 Å². The van der Waals surface area contributed by atoms with Crippen LogP contribution < -0.4 is 5.73 Å². The molecule has 0 aliphatic heterocycles. The van der Waals surface area contributed by atoms with Gasteiger partial charge in [-0.25, -0.2) is 4.79 Å². The van der Waals surface area contributed by atoms with Crippen LogP contribution in [0.4, 0.5) is 4.79 Å². The molecule has 0 fully saturated rings. The van der Waals surface area contributed by atoms with Crippen LogP contribution in [0.25, 0.3) is 0 Å². The van der Waals surface area contributed by atoms with E-state index in [0.29, 0.717) is 18.5 Å². The lowest BCUT2D eigenvalue weighted by atomic mass is 10.1. The number of likely N-dealkylation sites (N-methyl/N-ethyl adjacent to an activating group) is 1. The summed E-state index contributed by atoms with van der Waals surface area (Å²) in [6.07, 6.45) is 0.703. The summed E-state index contributed by atoms with van der Waals surface area (Å²) in [5.74, 6) is 0. The van der Waals surface area contributed by atoms with E-state index in [1.807, 2.05) is 18.2 Å². The second kappa shape index (κ2) is 5.01. The smallest absolute Gasteiger partial charge is 0.314 e. The van der Waals surface area contributed by atoms with Crippen LogP contribution in [0.1, 0.15) is 11.1 Å². The molecule has 0 unspecified atom stereocenters. The molecule has 1 aromatic rings. The number of nitriles is 1. The van der Waals surface area contributed by atoms with Crippen molar-refractivity contribution in [1.82, 2.24) is 4.90 Å². The van der Waals surface area contributed by atoms with Gasteiger partial charge in [-0.2, -0.15) is 5.26 Å². The number of nitrogens with two attached hydrogens (primary N) is 1. The first-order valence-electron chi connectivity index (χ1n) is 4.63. The Kier molecular flexibility index (Phi) is 3.69. The molecule has 1 aromatic carbocycles. The van der Waals surface area contributed by atoms with Crippen LogP contribution in [0.3, 0.4) is 0 Å². The van der Waals surface area contributed by atoms with E-state index in [1.165, 1.54) is 4.90 Å². The summed E-state index contributed by atoms with van der Waals surface area (Å²) in [6.45, 7) is 0.560. The van der Waals surface area contributed by atoms with Crippen LogP contribution >= 0.6 is 0 Å². The number of hydrogen-bond donors (Lipinski definition) is 1. The Morgan fingerprint density at radius 1 is 1.60 bits per heavy atom. The summed E-state index contributed by atoms with van der Waals surface area (Å²) in [5.41, 5.74) is 6.75. The van der Waals surface area contributed by atoms with Crippen LogP contribution in [-0.4, -0.2) is 24.5 Å². The molecule has 0 atom stereocenters. The van der Waals surface area contributed by atoms with Gasteiger partial charge in [0.15, 0.2) is 0 Å². The lowest BCUT2D eigenvalue weighted by Crippen LogP contribution is -2.33. The predicted molar refractivity (Wildman–Crippen MR) is 57.1 cm³/mol. The third-order valence-electron chi connectivity index (χ3n) is 2.17. The van der Waals surface area contributed by atoms with Gasteiger partial charge in [0, 0.05) is 13.6 Å². The summed E-state index contributed by atoms with van der Waals surface area (Å²) in [4.78, 5) is 12.2. The molecule has 4 heteroatoms. The van der Waals surface area contributed by atoms with Crippen LogP contribution in [0.5, 0.6) is 0 Å². The van der Waals surface area contributed by atoms with Crippen molar-refractivity contribution in [3.8, 4) is 6.07 Å². The predicted octanol–water partition coefficient (Wildman–Crippen LogP) is 1.11. The SMILES string of the molecule is CN(CCc1cccc(C#N)c1)C(N)=O. The lowest BCUT2D eigenvalue weighted by Gasteiger charge is -2.13. The molecule has 4 nitrogen and oxygen atoms in total. The summed E-state index contributed by atoms with van der Waals surface area (Å²) >= 11 is 0. The van der Waals surface area contributed by atoms with E-state index in [1.54, 1.807) is 13.1 Å². The molecule has 0 spiro atoms. The number of urea groups is 1. The van der Waals surface area contributed by atoms with Crippen molar-refractivity contribution in [2.75, 3.05) is 13.6 Å². The van der Waals surface area contributed by atoms with Crippen molar-refractivity contribution in [2.45, 2.75) is 6.42 Å². The largest absolute Gasteiger partial charge is 0.351 e. The van der Waals surface area contributed by atoms with Crippen LogP contribution in [-0.2, 0) is 6.42 Å². The number of carbonyl (C=O) groups excluding carboxylic acids is 1. The van der Waals surface area contributed by atoms with E-state index in [2.05, 4.69) is 6.07 Å². The maximum Gasteiger partial charge on any atom is 0.314 e. The van der Waals surface area contributed by atoms with Gasteiger partial charge in [0.2, 0.25) is 0 Å². The molecule has 0 aromatic heterocycles. The molecule has 0 radical (unpaired) electrons. The number of amides is 2. The molecule has 0 heterocycles. The number of rotatable bonds is 3. The maximum absolute atomic E-state index is 10.7. The van der Waals surface area contributed by atoms with Gasteiger partial charge in [-0.05, 0) is 24.1 Å². The highest BCUT2D eigenvalue weighted by atomic mass is 16.2. The first-order chi connectivity index (χ1) is 7.13. The Hall–Kier alpha value is -2.02. The van der Waals surface area contributed by atoms with Crippen molar-refractivity contribution in [3.63, 3.8) is 0 Å². The van der Waals surface area contributed by atoms with Crippen molar-refractivity contribution >= 4 is 6.03 Å². The molecule has 15 heavy (non-hydrogen) atoms. The monoisotopic (exact) mass is 203 g/mol. The van der Waals surface area contributed by atoms with E-state index >= 15 is 0 Å². The number of benzene rings is 1. The summed E-state index contributed by atoms with van der Waals surface area (Å²) in [7, 11) is 1.65. The number of nitrogens with zero attached hydrogens (tertiary/aromatic N) is 2. The van der Waals surface area contributed by atoms with Gasteiger partial charge in [-0.15, -0.1) is 0 Å². The minimum absolute atomic E-state index is 0.438. The molecule has 2 amide bonds. The van der Waals surface area contributed by atoms with E-state index in [9.17, 15) is 4.79 Å². The maximum atomic E-state index is 10.7. The van der Waals surface area contributed by atoms with E-state index in [0.717, 1.165) is 5.56 Å². The third kappa shape index (κ3) is 3.31. The lowest BCUT2D eigenvalue weighted by molar-refractivity contribution is 0.219. The van der Waals surface area contributed by atoms with E-state index in [4.69, 9.17) is 11.0 Å². The third-order valence-corrected chi connectivity index (χ3v) is 2.17. The molecular formula is C11H13N3O. The van der Waals surface area contributed by atoms with Gasteiger partial charge in [-0.3, -0.25) is 0 Å². The average molecular weight is 203 g/mol. The summed E-state index contributed by atoms with van der Waals surface area (Å²) in [6, 6.07) is 8.96. The van der Waals surface area contributed by atoms with E-state index in [-0.39, 0.29) is 0 Å². The molecule has 0 aliphatic carbocycles. The highest BCUT2D eigenvalue weighted by molar-refractivity contribution is 5.71. The highest BCUT2D eigenvalue weighted by Crippen LogP contribution is 2.05. The zero-order valence-corrected chi connectivity index (χ0v) is 8.60. The number of carbonyl (C=O) groups is 1. The number of hydrogen-bond acceptors (Lipinski definition) is 2. The fourth-order valence-electron chi connectivity index (χ4n) is 1.20. The van der Waals surface area contributed by atoms with Crippen LogP contribution in [0, 0.1) is 11.3 Å². The van der Waals surface area contributed by atoms with Gasteiger partial charge in [0.1, 0.15) is 0 Å². The van der Waals surface area contributed by atoms with E-state index < -0.39 is 6.03 Å². The molecule has 0 bridgehead atoms. The zero-order chi connectivity index (χ0) is 11.3. The van der Waals surface area contributed by atoms with Gasteiger partial charge in [0.25, 0.3) is 0 Å². The molecule has 78 valence electrons. The van der Waals surface area contributed by atoms with Gasteiger partial charge < -0.3 is 10.6 Å². The fraction of sp³-hybridized carbons (Fsp3) is 0.273. The van der Waals surface area contributed by atoms with Crippen LogP contribution in [0.15, 0.2) is 24.3 Å². The van der Waals surface area contributed by atoms with Crippen molar-refractivity contribution < 1.29 is 4.79 Å². The molecule has 0 aliphatic rings. The first-order valence-corrected chi connectivity index (χ1v) is 4.63. The van der Waals surface area contributed by atoms with Crippen LogP contribution in [0.2, 0.25) is 0 Å². The quantitative estimate of drug-likeness (QED) is 0.799. The number of primary amides is 1. The Labute approximate surface area is 88.9 Å². The Morgan fingerprint density at radius 3 is 2.93 bits per heavy atom. The standard InChI is InChI=1S/C11H13N3O/c1-14(11(13)15)6-5-9-3-2-4-10(7-9)8-12/h2-4,7H,5-6H2,1H3,(H2,13,15). The minimum atomic E-state index is -0.438. The zero-order valence-electron chi connectivity index (χ0n) is 8.60. The Balaban J connectivity index is 2.58. The van der Waals surface area contributed by atoms with Crippen molar-refractivity contribution in [3.05, 3.63) is 35.4 Å². The van der Waals surface area contributed by atoms with Crippen molar-refractivity contribution in [1.29, 1.82) is 5.26 Å². The van der Waals surface area contributed by atoms with Crippen molar-refractivity contribution in [2.24, 2.45) is 5.73 Å². The van der Waals surface area contributed by atoms with Gasteiger partial charge in [-0.1, -0.05) is 12.1 Å². The molecule has 2 N–H and O–H groups in total. The first kappa shape index (κ1) is 11.1. The minimum Gasteiger partial charge on any atom is -0.351 e. The second-order valence-corrected chi connectivity index (χ2v) is 3.32. The topological polar surface area (TPSA) is 70.1 Å². The second-order valence-electron chi connectivity index (χ2n) is 3.32. The molecular weight excluding hydrogens is 190 g/mol. The molecule has 1 rings (SSSR count). The Morgan fingerprint density at radius 2 is 2.33 bits per heavy atom. The summed E-state index contributed by atoms with van der Waals surface area (Å²) in [5, 5.41) is 8.69.